The smallest absolute Gasteiger partial charge is 0.0154 e. The van der Waals surface area contributed by atoms with Crippen molar-refractivity contribution < 1.29 is 0 Å². The van der Waals surface area contributed by atoms with E-state index in [1.54, 1.807) is 0 Å². The van der Waals surface area contributed by atoms with Gasteiger partial charge in [-0.05, 0) is 86.5 Å². The predicted molar refractivity (Wildman–Crippen MR) is 155 cm³/mol. The quantitative estimate of drug-likeness (QED) is 0.187. The molecule has 0 bridgehead atoms. The van der Waals surface area contributed by atoms with Crippen molar-refractivity contribution >= 4 is 37.1 Å². The van der Waals surface area contributed by atoms with E-state index in [2.05, 4.69) is 149 Å². The highest BCUT2D eigenvalue weighted by Crippen LogP contribution is 2.49. The summed E-state index contributed by atoms with van der Waals surface area (Å²) >= 11 is 0. The number of rotatable bonds is 7. The van der Waals surface area contributed by atoms with Gasteiger partial charge in [-0.15, -0.1) is 0 Å². The molecule has 0 spiro atoms. The van der Waals surface area contributed by atoms with Gasteiger partial charge in [-0.3, -0.25) is 0 Å². The third-order valence-electron chi connectivity index (χ3n) is 6.38. The Kier molecular flexibility index (Phi) is 8.29. The average molecular weight is 479 g/mol. The Morgan fingerprint density at radius 1 is 0.353 bits per heavy atom. The molecule has 0 aromatic heterocycles. The molecule has 170 valence electrons. The first-order valence-electron chi connectivity index (χ1n) is 11.7. The van der Waals surface area contributed by atoms with Crippen molar-refractivity contribution in [1.82, 2.24) is 0 Å². The number of hydrogen-bond acceptors (Lipinski definition) is 0. The Labute approximate surface area is 207 Å². The van der Waals surface area contributed by atoms with E-state index < -0.39 is 15.8 Å². The first-order valence-corrected chi connectivity index (χ1v) is 14.4. The maximum atomic E-state index is 2.34. The van der Waals surface area contributed by atoms with E-state index in [9.17, 15) is 0 Å². The summed E-state index contributed by atoms with van der Waals surface area (Å²) in [6.45, 7) is 9.31. The fourth-order valence-corrected chi connectivity index (χ4v) is 9.29. The van der Waals surface area contributed by atoms with E-state index in [4.69, 9.17) is 0 Å². The summed E-state index contributed by atoms with van der Waals surface area (Å²) in [4.78, 5) is 0. The van der Waals surface area contributed by atoms with Crippen molar-refractivity contribution in [3.05, 3.63) is 143 Å². The standard InChI is InChI=1S/C32H32P2/c1-25(27(3)33(29-17-9-5-10-18-29)30-19-11-6-12-20-30)26(2)28(4)34(31-21-13-7-14-22-31)32-23-15-8-16-24-32/h5-24H,1-4H3/b27-25-,28-26-. The van der Waals surface area contributed by atoms with Gasteiger partial charge >= 0.3 is 0 Å². The van der Waals surface area contributed by atoms with Crippen LogP contribution in [0, 0.1) is 0 Å². The Morgan fingerprint density at radius 2 is 0.559 bits per heavy atom. The Morgan fingerprint density at radius 3 is 0.765 bits per heavy atom. The second kappa shape index (κ2) is 11.6. The molecule has 4 rings (SSSR count). The lowest BCUT2D eigenvalue weighted by Gasteiger charge is -2.26. The Bertz CT molecular complexity index is 1080. The third-order valence-corrected chi connectivity index (χ3v) is 11.6. The molecule has 0 fully saturated rings. The van der Waals surface area contributed by atoms with Crippen LogP contribution in [0.25, 0.3) is 0 Å². The molecular formula is C32H32P2. The van der Waals surface area contributed by atoms with Crippen LogP contribution in [-0.2, 0) is 0 Å². The van der Waals surface area contributed by atoms with Gasteiger partial charge < -0.3 is 0 Å². The molecule has 0 aliphatic rings. The van der Waals surface area contributed by atoms with Gasteiger partial charge in [-0.1, -0.05) is 121 Å². The van der Waals surface area contributed by atoms with Crippen molar-refractivity contribution in [2.75, 3.05) is 0 Å². The number of hydrogen-bond donors (Lipinski definition) is 0. The van der Waals surface area contributed by atoms with Crippen LogP contribution in [0.5, 0.6) is 0 Å². The van der Waals surface area contributed by atoms with E-state index in [1.807, 2.05) is 0 Å². The second-order valence-electron chi connectivity index (χ2n) is 8.43. The van der Waals surface area contributed by atoms with Crippen LogP contribution >= 0.6 is 15.8 Å². The molecule has 0 nitrogen and oxygen atoms in total. The second-order valence-corrected chi connectivity index (χ2v) is 13.2. The van der Waals surface area contributed by atoms with Crippen LogP contribution in [0.4, 0.5) is 0 Å². The maximum absolute atomic E-state index is 2.34. The molecule has 0 saturated heterocycles. The molecule has 4 aromatic carbocycles. The van der Waals surface area contributed by atoms with Gasteiger partial charge in [0.15, 0.2) is 0 Å². The van der Waals surface area contributed by atoms with E-state index in [0.29, 0.717) is 0 Å². The van der Waals surface area contributed by atoms with E-state index in [-0.39, 0.29) is 0 Å². The van der Waals surface area contributed by atoms with E-state index in [1.165, 1.54) is 43.0 Å². The highest BCUT2D eigenvalue weighted by molar-refractivity contribution is 7.77. The summed E-state index contributed by atoms with van der Waals surface area (Å²) < 4.78 is 0. The minimum atomic E-state index is -0.584. The lowest BCUT2D eigenvalue weighted by Crippen LogP contribution is -2.14. The highest BCUT2D eigenvalue weighted by Gasteiger charge is 2.21. The first-order chi connectivity index (χ1) is 16.6. The zero-order valence-corrected chi connectivity index (χ0v) is 22.2. The molecule has 34 heavy (non-hydrogen) atoms. The summed E-state index contributed by atoms with van der Waals surface area (Å²) in [6, 6.07) is 44.0. The summed E-state index contributed by atoms with van der Waals surface area (Å²) in [6.07, 6.45) is 0. The fourth-order valence-electron chi connectivity index (χ4n) is 4.26. The normalized spacial score (nSPS) is 13.0. The monoisotopic (exact) mass is 478 g/mol. The summed E-state index contributed by atoms with van der Waals surface area (Å²) in [5.41, 5.74) is 2.83. The van der Waals surface area contributed by atoms with Gasteiger partial charge in [-0.25, -0.2) is 0 Å². The molecule has 0 unspecified atom stereocenters. The topological polar surface area (TPSA) is 0 Å². The van der Waals surface area contributed by atoms with E-state index >= 15 is 0 Å². The summed E-state index contributed by atoms with van der Waals surface area (Å²) in [7, 11) is -1.17. The minimum absolute atomic E-state index is 0.584. The molecule has 0 N–H and O–H groups in total. The van der Waals surface area contributed by atoms with Crippen LogP contribution in [0.1, 0.15) is 27.7 Å². The molecule has 0 atom stereocenters. The van der Waals surface area contributed by atoms with Crippen molar-refractivity contribution in [3.63, 3.8) is 0 Å². The van der Waals surface area contributed by atoms with Gasteiger partial charge in [0.1, 0.15) is 0 Å². The molecule has 4 aromatic rings. The van der Waals surface area contributed by atoms with Crippen LogP contribution in [-0.4, -0.2) is 0 Å². The van der Waals surface area contributed by atoms with Crippen molar-refractivity contribution in [2.24, 2.45) is 0 Å². The predicted octanol–water partition coefficient (Wildman–Crippen LogP) is 7.84. The maximum Gasteiger partial charge on any atom is -0.0154 e. The first kappa shape index (κ1) is 24.3. The van der Waals surface area contributed by atoms with Crippen molar-refractivity contribution in [3.8, 4) is 0 Å². The molecule has 0 heterocycles. The molecule has 0 aliphatic heterocycles. The van der Waals surface area contributed by atoms with Gasteiger partial charge in [0.05, 0.1) is 0 Å². The van der Waals surface area contributed by atoms with Crippen LogP contribution in [0.2, 0.25) is 0 Å². The van der Waals surface area contributed by atoms with Crippen LogP contribution in [0.15, 0.2) is 143 Å². The molecule has 0 aliphatic carbocycles. The van der Waals surface area contributed by atoms with Crippen LogP contribution < -0.4 is 21.2 Å². The largest absolute Gasteiger partial charge is 0.0622 e. The molecular weight excluding hydrogens is 446 g/mol. The molecule has 0 amide bonds. The highest BCUT2D eigenvalue weighted by atomic mass is 31.1. The minimum Gasteiger partial charge on any atom is -0.0622 e. The third kappa shape index (κ3) is 5.47. The SMILES string of the molecule is CC(/C(C)=C(/C)P(c1ccccc1)c1ccccc1)=C(\C)P(c1ccccc1)c1ccccc1. The van der Waals surface area contributed by atoms with Gasteiger partial charge in [0.2, 0.25) is 0 Å². The van der Waals surface area contributed by atoms with Crippen LogP contribution in [0.3, 0.4) is 0 Å². The van der Waals surface area contributed by atoms with Gasteiger partial charge in [0.25, 0.3) is 0 Å². The fraction of sp³-hybridized carbons (Fsp3) is 0.125. The Balaban J connectivity index is 1.84. The molecule has 0 saturated carbocycles. The molecule has 2 heteroatoms. The lowest BCUT2D eigenvalue weighted by molar-refractivity contribution is 1.28. The van der Waals surface area contributed by atoms with Crippen molar-refractivity contribution in [2.45, 2.75) is 27.7 Å². The zero-order valence-electron chi connectivity index (χ0n) is 20.4. The van der Waals surface area contributed by atoms with Crippen molar-refractivity contribution in [1.29, 1.82) is 0 Å². The van der Waals surface area contributed by atoms with Gasteiger partial charge in [0, 0.05) is 0 Å². The number of allylic oxidation sites excluding steroid dienone is 4. The molecule has 0 radical (unpaired) electrons. The summed E-state index contributed by atoms with van der Waals surface area (Å²) in [5.74, 6) is 0. The van der Waals surface area contributed by atoms with E-state index in [0.717, 1.165) is 0 Å². The summed E-state index contributed by atoms with van der Waals surface area (Å²) in [5, 5.41) is 8.55. The lowest BCUT2D eigenvalue weighted by atomic mass is 10.1. The average Bonchev–Trinajstić information content (AvgIpc) is 2.90. The zero-order chi connectivity index (χ0) is 23.9. The number of benzene rings is 4. The van der Waals surface area contributed by atoms with Gasteiger partial charge in [-0.2, -0.15) is 0 Å². The Hall–Kier alpha value is -2.78.